The number of methoxy groups -OCH3 is 2. The average Bonchev–Trinajstić information content (AvgIpc) is 3.55. The highest BCUT2D eigenvalue weighted by Crippen LogP contribution is 2.49. The molecule has 4 aliphatic heterocycles. The number of allylic oxidation sites excluding steroid dienone is 3. The number of aliphatic hydroxyl groups is 1. The number of carbonyl (C=O) groups excluding carboxylic acids is 3. The molecule has 4 heterocycles. The molecule has 2 aromatic rings. The van der Waals surface area contributed by atoms with E-state index in [1.165, 1.54) is 31.3 Å². The quantitative estimate of drug-likeness (QED) is 0.170. The molecule has 57 heavy (non-hydrogen) atoms. The van der Waals surface area contributed by atoms with Crippen molar-refractivity contribution in [1.29, 1.82) is 0 Å². The largest absolute Gasteiger partial charge is 0.495 e. The van der Waals surface area contributed by atoms with E-state index in [-0.39, 0.29) is 23.6 Å². The Labute approximate surface area is 336 Å². The number of fused-ring (bicyclic) bond motifs is 5. The highest BCUT2D eigenvalue weighted by atomic mass is 35.5. The monoisotopic (exact) mass is 811 g/mol. The van der Waals surface area contributed by atoms with E-state index in [2.05, 4.69) is 10.6 Å². The number of nitrogens with one attached hydrogen (secondary N) is 2. The molecule has 7 atom stereocenters. The second kappa shape index (κ2) is 16.5. The number of nitro groups is 1. The van der Waals surface area contributed by atoms with Gasteiger partial charge in [-0.3, -0.25) is 25.5 Å². The molecule has 0 saturated carbocycles. The number of nitrogens with zero attached hydrogens (tertiary/aromatic N) is 3. The molecule has 0 aromatic heterocycles. The van der Waals surface area contributed by atoms with Gasteiger partial charge in [0, 0.05) is 51.7 Å². The summed E-state index contributed by atoms with van der Waals surface area (Å²) >= 11 is 6.79. The van der Waals surface area contributed by atoms with Crippen LogP contribution in [0.25, 0.3) is 0 Å². The second-order valence-electron chi connectivity index (χ2n) is 15.4. The molecule has 3 fully saturated rings. The highest BCUT2D eigenvalue weighted by molar-refractivity contribution is 6.35. The minimum Gasteiger partial charge on any atom is -0.495 e. The Morgan fingerprint density at radius 1 is 1.14 bits per heavy atom. The summed E-state index contributed by atoms with van der Waals surface area (Å²) in [6, 6.07) is 6.38. The van der Waals surface area contributed by atoms with Crippen LogP contribution in [-0.4, -0.2) is 98.2 Å². The summed E-state index contributed by atoms with van der Waals surface area (Å²) in [6.45, 7) is 8.38. The number of hydrogen-bond acceptors (Lipinski definition) is 12. The van der Waals surface area contributed by atoms with E-state index in [1.54, 1.807) is 52.1 Å². The maximum atomic E-state index is 14.3. The Morgan fingerprint density at radius 2 is 1.86 bits per heavy atom. The Hall–Kier alpha value is -4.90. The van der Waals surface area contributed by atoms with Crippen molar-refractivity contribution in [3.63, 3.8) is 0 Å². The van der Waals surface area contributed by atoms with E-state index in [9.17, 15) is 29.6 Å². The van der Waals surface area contributed by atoms with Crippen molar-refractivity contribution in [2.75, 3.05) is 49.5 Å². The molecule has 4 bridgehead atoms. The summed E-state index contributed by atoms with van der Waals surface area (Å²) in [7, 11) is 4.47. The molecule has 3 N–H and O–H groups in total. The van der Waals surface area contributed by atoms with Crippen LogP contribution < -0.4 is 25.2 Å². The molecule has 16 nitrogen and oxygen atoms in total. The van der Waals surface area contributed by atoms with Crippen molar-refractivity contribution in [3.8, 4) is 5.75 Å². The fourth-order valence-electron chi connectivity index (χ4n) is 8.09. The predicted octanol–water partition coefficient (Wildman–Crippen LogP) is 6.19. The van der Waals surface area contributed by atoms with Crippen LogP contribution in [0.4, 0.5) is 32.3 Å². The Morgan fingerprint density at radius 3 is 2.53 bits per heavy atom. The number of non-ortho nitro benzene ring substituents is 1. The maximum Gasteiger partial charge on any atom is 0.412 e. The van der Waals surface area contributed by atoms with Gasteiger partial charge >= 0.3 is 12.2 Å². The number of halogens is 1. The van der Waals surface area contributed by atoms with Crippen LogP contribution >= 0.6 is 11.6 Å². The number of ether oxygens (including phenoxy) is 5. The van der Waals surface area contributed by atoms with E-state index in [1.807, 2.05) is 17.9 Å². The standard InChI is InChI=1S/C40H50ClN5O11/c1-22-11-10-12-31(54-7)40(50)21-30(55-38(49)43-40)24(3)36-39(4,57-36)32(20-33(47)44(5)27-17-25(15-22)18-29(53-6)34(27)41)56-37(48)42-35-23(2)16-26(46(51)52)19-28(35)45-13-8-9-14-45/h10-12,16-19,24,30-32,36,50H,8-9,13-15,20-21H2,1-7H3,(H,42,48)(H,43,49)/b12-10+,22-11+/t24-,30+,31-,32+,36+,39+,40+/m1/s1. The lowest BCUT2D eigenvalue weighted by Crippen LogP contribution is -2.63. The summed E-state index contributed by atoms with van der Waals surface area (Å²) in [5, 5.41) is 29.1. The third-order valence-corrected chi connectivity index (χ3v) is 11.8. The molecule has 0 aliphatic carbocycles. The van der Waals surface area contributed by atoms with Crippen molar-refractivity contribution in [3.05, 3.63) is 74.3 Å². The number of anilines is 3. The topological polar surface area (TPSA) is 195 Å². The van der Waals surface area contributed by atoms with Gasteiger partial charge in [0.15, 0.2) is 5.72 Å². The molecule has 17 heteroatoms. The molecule has 3 saturated heterocycles. The van der Waals surface area contributed by atoms with Crippen LogP contribution in [0.3, 0.4) is 0 Å². The molecular weight excluding hydrogens is 762 g/mol. The zero-order chi connectivity index (χ0) is 41.4. The minimum absolute atomic E-state index is 0.0715. The maximum absolute atomic E-state index is 14.3. The highest BCUT2D eigenvalue weighted by Gasteiger charge is 2.64. The van der Waals surface area contributed by atoms with Crippen LogP contribution in [0, 0.1) is 23.0 Å². The van der Waals surface area contributed by atoms with Gasteiger partial charge in [-0.25, -0.2) is 9.59 Å². The van der Waals surface area contributed by atoms with E-state index in [0.717, 1.165) is 24.0 Å². The summed E-state index contributed by atoms with van der Waals surface area (Å²) in [4.78, 5) is 55.8. The van der Waals surface area contributed by atoms with Crippen LogP contribution in [0.1, 0.15) is 57.6 Å². The first-order chi connectivity index (χ1) is 27.0. The van der Waals surface area contributed by atoms with Crippen molar-refractivity contribution < 1.29 is 48.1 Å². The fraction of sp³-hybridized carbons (Fsp3) is 0.525. The zero-order valence-electron chi connectivity index (χ0n) is 33.1. The lowest BCUT2D eigenvalue weighted by molar-refractivity contribution is -0.384. The Kier molecular flexibility index (Phi) is 12.1. The molecular formula is C40H50ClN5O11. The first kappa shape index (κ1) is 41.7. The lowest BCUT2D eigenvalue weighted by Gasteiger charge is -2.42. The van der Waals surface area contributed by atoms with E-state index >= 15 is 0 Å². The molecule has 0 unspecified atom stereocenters. The first-order valence-corrected chi connectivity index (χ1v) is 19.3. The number of benzene rings is 2. The van der Waals surface area contributed by atoms with Gasteiger partial charge in [-0.05, 0) is 63.3 Å². The molecule has 6 rings (SSSR count). The van der Waals surface area contributed by atoms with Crippen LogP contribution in [0.5, 0.6) is 5.75 Å². The summed E-state index contributed by atoms with van der Waals surface area (Å²) in [5.41, 5.74) is 0.150. The Bertz CT molecular complexity index is 1990. The first-order valence-electron chi connectivity index (χ1n) is 18.9. The molecule has 4 aliphatic rings. The minimum atomic E-state index is -1.85. The third kappa shape index (κ3) is 8.68. The number of carbonyl (C=O) groups is 3. The van der Waals surface area contributed by atoms with Crippen molar-refractivity contribution in [2.45, 2.75) is 95.5 Å². The van der Waals surface area contributed by atoms with Crippen LogP contribution in [0.15, 0.2) is 48.1 Å². The lowest BCUT2D eigenvalue weighted by atomic mass is 9.83. The SMILES string of the molecule is COc1cc2cc(c1Cl)N(C)C(=O)C[C@H](OC(=O)Nc1c(C)cc([N+](=O)[O-])cc1N1CCCC1)[C@]1(C)O[C@H]1[C@H](C)[C@@H]1C[C@@](O)(NC(=O)O1)[C@H](OC)/C=C/C=C(\C)C2. The second-order valence-corrected chi connectivity index (χ2v) is 15.8. The van der Waals surface area contributed by atoms with Crippen molar-refractivity contribution in [2.24, 2.45) is 5.92 Å². The number of alkyl carbamates (subject to hydrolysis) is 1. The van der Waals surface area contributed by atoms with Crippen molar-refractivity contribution >= 4 is 52.4 Å². The van der Waals surface area contributed by atoms with Gasteiger partial charge < -0.3 is 38.6 Å². The van der Waals surface area contributed by atoms with E-state index in [0.29, 0.717) is 47.9 Å². The smallest absolute Gasteiger partial charge is 0.412 e. The average molecular weight is 812 g/mol. The Balaban J connectivity index is 1.38. The van der Waals surface area contributed by atoms with Gasteiger partial charge in [0.1, 0.15) is 34.7 Å². The number of epoxide rings is 1. The van der Waals surface area contributed by atoms with Gasteiger partial charge in [-0.2, -0.15) is 0 Å². The number of hydrogen-bond donors (Lipinski definition) is 3. The third-order valence-electron chi connectivity index (χ3n) is 11.4. The number of amides is 3. The summed E-state index contributed by atoms with van der Waals surface area (Å²) in [6.07, 6.45) is 1.55. The molecule has 0 spiro atoms. The summed E-state index contributed by atoms with van der Waals surface area (Å²) in [5.74, 6) is -0.664. The fourth-order valence-corrected chi connectivity index (χ4v) is 8.40. The van der Waals surface area contributed by atoms with Gasteiger partial charge in [-0.15, -0.1) is 0 Å². The van der Waals surface area contributed by atoms with E-state index in [4.69, 9.17) is 35.3 Å². The zero-order valence-corrected chi connectivity index (χ0v) is 33.9. The molecule has 2 aromatic carbocycles. The van der Waals surface area contributed by atoms with Gasteiger partial charge in [0.25, 0.3) is 5.69 Å². The van der Waals surface area contributed by atoms with E-state index < -0.39 is 64.7 Å². The number of rotatable bonds is 6. The molecule has 308 valence electrons. The van der Waals surface area contributed by atoms with Crippen LogP contribution in [-0.2, 0) is 30.2 Å². The number of nitro benzene ring substituents is 1. The predicted molar refractivity (Wildman–Crippen MR) is 212 cm³/mol. The van der Waals surface area contributed by atoms with Crippen molar-refractivity contribution in [1.82, 2.24) is 5.32 Å². The molecule has 0 radical (unpaired) electrons. The van der Waals surface area contributed by atoms with Gasteiger partial charge in [-0.1, -0.05) is 42.3 Å². The normalized spacial score (nSPS) is 30.6. The summed E-state index contributed by atoms with van der Waals surface area (Å²) < 4.78 is 29.3. The van der Waals surface area contributed by atoms with Gasteiger partial charge in [0.05, 0.1) is 41.6 Å². The van der Waals surface area contributed by atoms with Gasteiger partial charge in [0.2, 0.25) is 5.91 Å². The number of aryl methyl sites for hydroxylation is 1. The van der Waals surface area contributed by atoms with Crippen LogP contribution in [0.2, 0.25) is 5.02 Å². The molecule has 3 amide bonds.